The van der Waals surface area contributed by atoms with Crippen LogP contribution in [-0.2, 0) is 56.0 Å². The molecular weight excluding hydrogens is 869 g/mol. The Bertz CT molecular complexity index is 2180. The number of nitrogens with one attached hydrogen (secondary N) is 2. The molecule has 0 spiro atoms. The van der Waals surface area contributed by atoms with Crippen molar-refractivity contribution in [3.05, 3.63) is 71.8 Å². The summed E-state index contributed by atoms with van der Waals surface area (Å²) < 4.78 is 0. The van der Waals surface area contributed by atoms with Gasteiger partial charge >= 0.3 is 11.9 Å². The van der Waals surface area contributed by atoms with Gasteiger partial charge in [-0.15, -0.1) is 0 Å². The van der Waals surface area contributed by atoms with Gasteiger partial charge in [-0.05, 0) is 82.0 Å². The maximum Gasteiger partial charge on any atom is 0.333 e. The maximum atomic E-state index is 16.6. The summed E-state index contributed by atoms with van der Waals surface area (Å²) in [6.45, 7) is 2.68. The standard InChI is InChI=1S/C47H66N8O12/c1-25(2)20-28(48)37(60)45(38(61)32(52)24-56,41(64)33-16-10-18-54-33)44(3,36(59)29(49)21-26-12-6-4-7-13-26)46(42(65)34-17-11-19-55-34,39(62)30(50)22-27-14-8-5-9-15-27)47(53,43(66)67)40(63)31(51)23-35(57)58/h4-9,12-15,25,28-34,54-56H,10-11,16-24,48-53H2,1-3H3,(H,57,58)(H,66,67). The van der Waals surface area contributed by atoms with Gasteiger partial charge in [0.2, 0.25) is 0 Å². The molecule has 67 heavy (non-hydrogen) atoms. The van der Waals surface area contributed by atoms with E-state index in [1.165, 1.54) is 24.3 Å². The van der Waals surface area contributed by atoms with Crippen LogP contribution in [-0.4, -0.2) is 135 Å². The summed E-state index contributed by atoms with van der Waals surface area (Å²) in [5.41, 5.74) is 24.2. The molecule has 2 aliphatic heterocycles. The molecule has 2 aromatic carbocycles. The van der Waals surface area contributed by atoms with Gasteiger partial charge in [0.25, 0.3) is 0 Å². The first kappa shape index (κ1) is 54.3. The van der Waals surface area contributed by atoms with Crippen molar-refractivity contribution in [2.75, 3.05) is 19.7 Å². The van der Waals surface area contributed by atoms with E-state index in [1.54, 1.807) is 50.2 Å². The maximum absolute atomic E-state index is 16.6. The lowest BCUT2D eigenvalue weighted by molar-refractivity contribution is -0.195. The Labute approximate surface area is 388 Å². The molecule has 0 bridgehead atoms. The third kappa shape index (κ3) is 9.86. The first-order valence-electron chi connectivity index (χ1n) is 22.4. The van der Waals surface area contributed by atoms with Crippen LogP contribution in [0.1, 0.15) is 70.4 Å². The highest BCUT2D eigenvalue weighted by Gasteiger charge is 2.86. The average molecular weight is 935 g/mol. The molecule has 4 rings (SSSR count). The van der Waals surface area contributed by atoms with Crippen molar-refractivity contribution < 1.29 is 58.5 Å². The second kappa shape index (κ2) is 22.2. The summed E-state index contributed by atoms with van der Waals surface area (Å²) in [5.74, 6) is -16.9. The van der Waals surface area contributed by atoms with Crippen LogP contribution in [0.3, 0.4) is 0 Å². The van der Waals surface area contributed by atoms with E-state index in [9.17, 15) is 24.9 Å². The van der Waals surface area contributed by atoms with Crippen molar-refractivity contribution in [3.63, 3.8) is 0 Å². The molecule has 11 unspecified atom stereocenters. The molecule has 366 valence electrons. The normalized spacial score (nSPS) is 22.1. The van der Waals surface area contributed by atoms with Crippen molar-refractivity contribution in [3.8, 4) is 0 Å². The SMILES string of the molecule is CC(C)CC(N)C(=O)C(C(=O)C(N)CO)(C(=O)C1CCCN1)C(C)(C(=O)C(N)Cc1ccccc1)C(C(=O)C(N)Cc1ccccc1)(C(=O)C1CCCN1)C(N)(C(=O)O)C(=O)C(N)CC(=O)O. The van der Waals surface area contributed by atoms with Crippen molar-refractivity contribution in [1.29, 1.82) is 0 Å². The van der Waals surface area contributed by atoms with Crippen molar-refractivity contribution in [2.45, 2.75) is 120 Å². The number of carboxylic acids is 2. The fourth-order valence-corrected chi connectivity index (χ4v) is 10.3. The summed E-state index contributed by atoms with van der Waals surface area (Å²) >= 11 is 0. The van der Waals surface area contributed by atoms with Crippen molar-refractivity contribution in [2.24, 2.45) is 56.6 Å². The molecule has 2 fully saturated rings. The summed E-state index contributed by atoms with van der Waals surface area (Å²) in [6.07, 6.45) is -2.78. The topological polar surface area (TPSA) is 394 Å². The molecule has 2 heterocycles. The highest BCUT2D eigenvalue weighted by molar-refractivity contribution is 6.35. The number of nitrogens with two attached hydrogens (primary N) is 6. The van der Waals surface area contributed by atoms with Crippen molar-refractivity contribution >= 4 is 52.4 Å². The second-order valence-electron chi connectivity index (χ2n) is 18.4. The van der Waals surface area contributed by atoms with Crippen LogP contribution in [0.5, 0.6) is 0 Å². The Morgan fingerprint density at radius 2 is 1.07 bits per heavy atom. The number of ketones is 7. The van der Waals surface area contributed by atoms with Gasteiger partial charge in [0.15, 0.2) is 51.4 Å². The number of aliphatic carboxylic acids is 2. The minimum atomic E-state index is -4.29. The van der Waals surface area contributed by atoms with E-state index in [1.807, 2.05) is 0 Å². The summed E-state index contributed by atoms with van der Waals surface area (Å²) in [4.78, 5) is 140. The molecule has 0 saturated carbocycles. The third-order valence-corrected chi connectivity index (χ3v) is 13.5. The minimum Gasteiger partial charge on any atom is -0.481 e. The van der Waals surface area contributed by atoms with Crippen LogP contribution in [0.25, 0.3) is 0 Å². The number of rotatable bonds is 27. The predicted octanol–water partition coefficient (Wildman–Crippen LogP) is -2.13. The smallest absolute Gasteiger partial charge is 0.333 e. The molecule has 0 aliphatic carbocycles. The molecule has 20 heteroatoms. The lowest BCUT2D eigenvalue weighted by Crippen LogP contribution is -2.87. The number of aliphatic hydroxyl groups excluding tert-OH is 1. The van der Waals surface area contributed by atoms with E-state index in [4.69, 9.17) is 34.4 Å². The zero-order valence-electron chi connectivity index (χ0n) is 38.2. The summed E-state index contributed by atoms with van der Waals surface area (Å²) in [7, 11) is 0. The van der Waals surface area contributed by atoms with Gasteiger partial charge in [-0.2, -0.15) is 0 Å². The number of Topliss-reactive ketones (excluding diaryl/α,β-unsaturated/α-hetero) is 7. The van der Waals surface area contributed by atoms with Crippen molar-refractivity contribution in [1.82, 2.24) is 10.6 Å². The van der Waals surface area contributed by atoms with Crippen LogP contribution in [0.4, 0.5) is 0 Å². The Morgan fingerprint density at radius 1 is 0.627 bits per heavy atom. The molecule has 2 saturated heterocycles. The number of benzene rings is 2. The van der Waals surface area contributed by atoms with Gasteiger partial charge in [0, 0.05) is 0 Å². The van der Waals surface area contributed by atoms with Crippen LogP contribution in [0, 0.1) is 22.2 Å². The molecule has 17 N–H and O–H groups in total. The van der Waals surface area contributed by atoms with E-state index in [0.717, 1.165) is 0 Å². The number of aliphatic hydroxyl groups is 1. The molecule has 20 nitrogen and oxygen atoms in total. The van der Waals surface area contributed by atoms with Crippen LogP contribution in [0.2, 0.25) is 0 Å². The van der Waals surface area contributed by atoms with Gasteiger partial charge in [0.1, 0.15) is 5.41 Å². The van der Waals surface area contributed by atoms with E-state index in [-0.39, 0.29) is 50.8 Å². The number of hydrogen-bond donors (Lipinski definition) is 11. The predicted molar refractivity (Wildman–Crippen MR) is 244 cm³/mol. The Hall–Kier alpha value is -5.29. The zero-order valence-corrected chi connectivity index (χ0v) is 38.2. The Kier molecular flexibility index (Phi) is 18.0. The molecule has 2 aliphatic rings. The third-order valence-electron chi connectivity index (χ3n) is 13.5. The lowest BCUT2D eigenvalue weighted by Gasteiger charge is -2.60. The summed E-state index contributed by atoms with van der Waals surface area (Å²) in [6, 6.07) is 1.28. The number of carbonyl (C=O) groups is 9. The number of carboxylic acid groups (broad SMARTS) is 2. The van der Waals surface area contributed by atoms with E-state index < -0.39 is 148 Å². The van der Waals surface area contributed by atoms with Gasteiger partial charge in [0.05, 0.1) is 60.7 Å². The van der Waals surface area contributed by atoms with Gasteiger partial charge in [-0.1, -0.05) is 74.5 Å². The molecular formula is C47H66N8O12. The zero-order chi connectivity index (χ0) is 50.2. The van der Waals surface area contributed by atoms with E-state index >= 15 is 33.6 Å². The highest BCUT2D eigenvalue weighted by Crippen LogP contribution is 2.62. The van der Waals surface area contributed by atoms with E-state index in [0.29, 0.717) is 12.5 Å². The summed E-state index contributed by atoms with van der Waals surface area (Å²) in [5, 5.41) is 38.0. The second-order valence-corrected chi connectivity index (χ2v) is 18.4. The van der Waals surface area contributed by atoms with Crippen LogP contribution < -0.4 is 45.0 Å². The Balaban J connectivity index is 2.51. The fourth-order valence-electron chi connectivity index (χ4n) is 10.3. The largest absolute Gasteiger partial charge is 0.481 e. The number of carbonyl (C=O) groups excluding carboxylic acids is 7. The first-order valence-corrected chi connectivity index (χ1v) is 22.4. The monoisotopic (exact) mass is 934 g/mol. The minimum absolute atomic E-state index is 0.0224. The molecule has 11 atom stereocenters. The van der Waals surface area contributed by atoms with Crippen LogP contribution >= 0.6 is 0 Å². The molecule has 0 amide bonds. The molecule has 0 radical (unpaired) electrons. The van der Waals surface area contributed by atoms with Gasteiger partial charge < -0.3 is 60.4 Å². The quantitative estimate of drug-likeness (QED) is 0.0426. The van der Waals surface area contributed by atoms with Crippen LogP contribution in [0.15, 0.2) is 60.7 Å². The molecule has 0 aromatic heterocycles. The van der Waals surface area contributed by atoms with Gasteiger partial charge in [-0.25, -0.2) is 4.79 Å². The van der Waals surface area contributed by atoms with Gasteiger partial charge in [-0.3, -0.25) is 38.4 Å². The van der Waals surface area contributed by atoms with E-state index in [2.05, 4.69) is 10.6 Å². The first-order chi connectivity index (χ1) is 31.4. The fraction of sp³-hybridized carbons (Fsp3) is 0.553. The molecule has 2 aromatic rings. The Morgan fingerprint density at radius 3 is 1.48 bits per heavy atom. The average Bonchev–Trinajstić information content (AvgIpc) is 4.05. The lowest BCUT2D eigenvalue weighted by atomic mass is 9.36. The highest BCUT2D eigenvalue weighted by atomic mass is 16.4. The number of hydrogen-bond acceptors (Lipinski definition) is 18.